The second-order valence-corrected chi connectivity index (χ2v) is 6.48. The van der Waals surface area contributed by atoms with Crippen molar-refractivity contribution < 1.29 is 9.52 Å². The number of phenolic OH excluding ortho intramolecular Hbond substituents is 1. The average molecular weight is 336 g/mol. The van der Waals surface area contributed by atoms with E-state index in [1.807, 2.05) is 6.07 Å². The van der Waals surface area contributed by atoms with E-state index in [0.717, 1.165) is 60.8 Å². The zero-order valence-corrected chi connectivity index (χ0v) is 14.0. The van der Waals surface area contributed by atoms with E-state index in [9.17, 15) is 9.90 Å². The first-order valence-electron chi connectivity index (χ1n) is 8.26. The van der Waals surface area contributed by atoms with Gasteiger partial charge in [0.15, 0.2) is 0 Å². The van der Waals surface area contributed by atoms with Gasteiger partial charge in [0, 0.05) is 17.5 Å². The van der Waals surface area contributed by atoms with E-state index in [1.165, 1.54) is 12.8 Å². The van der Waals surface area contributed by atoms with Crippen LogP contribution in [0.2, 0.25) is 0 Å². The molecule has 1 aliphatic carbocycles. The first kappa shape index (κ1) is 16.3. The highest BCUT2D eigenvalue weighted by Gasteiger charge is 2.22. The summed E-state index contributed by atoms with van der Waals surface area (Å²) in [7, 11) is 0. The molecule has 1 aromatic heterocycles. The highest BCUT2D eigenvalue weighted by Crippen LogP contribution is 2.33. The second kappa shape index (κ2) is 6.54. The molecular weight excluding hydrogens is 314 g/mol. The predicted molar refractivity (Wildman–Crippen MR) is 92.5 cm³/mol. The van der Waals surface area contributed by atoms with Gasteiger partial charge in [-0.3, -0.25) is 4.90 Å². The van der Waals surface area contributed by atoms with Gasteiger partial charge in [-0.2, -0.15) is 0 Å². The van der Waals surface area contributed by atoms with Crippen LogP contribution in [0.25, 0.3) is 11.0 Å². The Morgan fingerprint density at radius 1 is 1.04 bits per heavy atom. The summed E-state index contributed by atoms with van der Waals surface area (Å²) in [4.78, 5) is 14.6. The normalized spacial score (nSPS) is 17.9. The molecule has 2 aliphatic rings. The Morgan fingerprint density at radius 2 is 1.74 bits per heavy atom. The van der Waals surface area contributed by atoms with E-state index in [-0.39, 0.29) is 23.8 Å². The van der Waals surface area contributed by atoms with E-state index in [4.69, 9.17) is 4.42 Å². The van der Waals surface area contributed by atoms with Crippen molar-refractivity contribution in [1.29, 1.82) is 0 Å². The molecule has 0 amide bonds. The Morgan fingerprint density at radius 3 is 2.48 bits per heavy atom. The van der Waals surface area contributed by atoms with E-state index in [1.54, 1.807) is 6.07 Å². The molecule has 1 aliphatic heterocycles. The van der Waals surface area contributed by atoms with Crippen molar-refractivity contribution in [2.75, 3.05) is 13.1 Å². The average Bonchev–Trinajstić information content (AvgIpc) is 3.04. The van der Waals surface area contributed by atoms with Crippen molar-refractivity contribution in [3.8, 4) is 5.75 Å². The maximum Gasteiger partial charge on any atom is 0.339 e. The molecule has 4 rings (SSSR count). The molecule has 0 unspecified atom stereocenters. The lowest BCUT2D eigenvalue weighted by Crippen LogP contribution is -2.20. The Hall–Kier alpha value is -1.52. The zero-order valence-electron chi connectivity index (χ0n) is 13.1. The van der Waals surface area contributed by atoms with Crippen molar-refractivity contribution in [1.82, 2.24) is 4.90 Å². The number of nitrogens with zero attached hydrogens (tertiary/aromatic N) is 1. The van der Waals surface area contributed by atoms with E-state index < -0.39 is 0 Å². The minimum atomic E-state index is -0.213. The Labute approximate surface area is 141 Å². The quantitative estimate of drug-likeness (QED) is 0.855. The molecule has 0 saturated carbocycles. The number of phenols is 1. The summed E-state index contributed by atoms with van der Waals surface area (Å²) >= 11 is 0. The van der Waals surface area contributed by atoms with Crippen molar-refractivity contribution >= 4 is 23.4 Å². The van der Waals surface area contributed by atoms with Crippen LogP contribution in [-0.2, 0) is 19.4 Å². The maximum atomic E-state index is 12.3. The molecule has 5 heteroatoms. The number of hydrogen-bond donors (Lipinski definition) is 1. The van der Waals surface area contributed by atoms with E-state index >= 15 is 0 Å². The number of fused-ring (bicyclic) bond motifs is 3. The Balaban J connectivity index is 0.00000156. The molecular formula is C18H22ClNO3. The molecule has 0 spiro atoms. The zero-order chi connectivity index (χ0) is 15.1. The molecule has 1 saturated heterocycles. The van der Waals surface area contributed by atoms with Gasteiger partial charge in [0.2, 0.25) is 0 Å². The number of hydrogen-bond acceptors (Lipinski definition) is 4. The standard InChI is InChI=1S/C18H21NO3.ClH/c20-16-8-7-13-12-5-1-2-6-14(12)18(21)22-17(13)15(16)11-19-9-3-4-10-19;/h7-8,20H,1-6,9-11H2;1H. The SMILES string of the molecule is Cl.O=c1oc2c(CN3CCCC3)c(O)ccc2c2c1CCCC2. The third-order valence-electron chi connectivity index (χ3n) is 5.05. The minimum Gasteiger partial charge on any atom is -0.507 e. The summed E-state index contributed by atoms with van der Waals surface area (Å²) in [6.45, 7) is 2.75. The van der Waals surface area contributed by atoms with Crippen LogP contribution < -0.4 is 5.63 Å². The van der Waals surface area contributed by atoms with Crippen LogP contribution in [0.5, 0.6) is 5.75 Å². The van der Waals surface area contributed by atoms with E-state index in [2.05, 4.69) is 4.90 Å². The molecule has 0 atom stereocenters. The van der Waals surface area contributed by atoms with Gasteiger partial charge in [0.1, 0.15) is 11.3 Å². The van der Waals surface area contributed by atoms with Gasteiger partial charge in [-0.15, -0.1) is 12.4 Å². The molecule has 1 N–H and O–H groups in total. The first-order valence-corrected chi connectivity index (χ1v) is 8.26. The van der Waals surface area contributed by atoms with Crippen molar-refractivity contribution in [2.24, 2.45) is 0 Å². The number of halogens is 1. The smallest absolute Gasteiger partial charge is 0.339 e. The molecule has 0 bridgehead atoms. The van der Waals surface area contributed by atoms with E-state index in [0.29, 0.717) is 12.1 Å². The largest absolute Gasteiger partial charge is 0.507 e. The third kappa shape index (κ3) is 2.86. The first-order chi connectivity index (χ1) is 10.7. The summed E-state index contributed by atoms with van der Waals surface area (Å²) in [6.07, 6.45) is 6.33. The van der Waals surface area contributed by atoms with Crippen molar-refractivity contribution in [3.05, 3.63) is 39.2 Å². The minimum absolute atomic E-state index is 0. The van der Waals surface area contributed by atoms with Crippen molar-refractivity contribution in [2.45, 2.75) is 45.1 Å². The van der Waals surface area contributed by atoms with Crippen LogP contribution in [0.1, 0.15) is 42.4 Å². The highest BCUT2D eigenvalue weighted by molar-refractivity contribution is 5.86. The number of rotatable bonds is 2. The van der Waals surface area contributed by atoms with Crippen LogP contribution in [0.15, 0.2) is 21.3 Å². The topological polar surface area (TPSA) is 53.7 Å². The van der Waals surface area contributed by atoms with Gasteiger partial charge in [-0.1, -0.05) is 0 Å². The fourth-order valence-electron chi connectivity index (χ4n) is 3.87. The lowest BCUT2D eigenvalue weighted by atomic mass is 9.90. The molecule has 2 heterocycles. The lowest BCUT2D eigenvalue weighted by molar-refractivity contribution is 0.323. The molecule has 124 valence electrons. The van der Waals surface area contributed by atoms with Gasteiger partial charge >= 0.3 is 5.63 Å². The predicted octanol–water partition coefficient (Wildman–Crippen LogP) is 3.40. The van der Waals surface area contributed by atoms with Crippen LogP contribution in [0.3, 0.4) is 0 Å². The second-order valence-electron chi connectivity index (χ2n) is 6.48. The van der Waals surface area contributed by atoms with Crippen LogP contribution in [-0.4, -0.2) is 23.1 Å². The molecule has 0 radical (unpaired) electrons. The number of likely N-dealkylation sites (tertiary alicyclic amines) is 1. The molecule has 1 fully saturated rings. The number of aromatic hydroxyl groups is 1. The summed E-state index contributed by atoms with van der Waals surface area (Å²) in [6, 6.07) is 3.66. The Kier molecular flexibility index (Phi) is 4.64. The monoisotopic (exact) mass is 335 g/mol. The lowest BCUT2D eigenvalue weighted by Gasteiger charge is -2.20. The van der Waals surface area contributed by atoms with Crippen LogP contribution in [0, 0.1) is 0 Å². The summed E-state index contributed by atoms with van der Waals surface area (Å²) in [5, 5.41) is 11.3. The third-order valence-corrected chi connectivity index (χ3v) is 5.05. The molecule has 1 aromatic carbocycles. The number of benzene rings is 1. The van der Waals surface area contributed by atoms with Gasteiger partial charge < -0.3 is 9.52 Å². The van der Waals surface area contributed by atoms with Crippen LogP contribution >= 0.6 is 12.4 Å². The van der Waals surface area contributed by atoms with Gasteiger partial charge in [0.05, 0.1) is 5.56 Å². The summed E-state index contributed by atoms with van der Waals surface area (Å²) in [5.74, 6) is 0.235. The summed E-state index contributed by atoms with van der Waals surface area (Å²) in [5.41, 5.74) is 3.13. The van der Waals surface area contributed by atoms with Crippen molar-refractivity contribution in [3.63, 3.8) is 0 Å². The van der Waals surface area contributed by atoms with Gasteiger partial charge in [-0.25, -0.2) is 4.79 Å². The highest BCUT2D eigenvalue weighted by atomic mass is 35.5. The molecule has 4 nitrogen and oxygen atoms in total. The maximum absolute atomic E-state index is 12.3. The summed E-state index contributed by atoms with van der Waals surface area (Å²) < 4.78 is 5.64. The Bertz CT molecular complexity index is 778. The van der Waals surface area contributed by atoms with Gasteiger partial charge in [0.25, 0.3) is 0 Å². The van der Waals surface area contributed by atoms with Gasteiger partial charge in [-0.05, 0) is 69.3 Å². The molecule has 2 aromatic rings. The number of aryl methyl sites for hydroxylation is 1. The molecule has 23 heavy (non-hydrogen) atoms. The van der Waals surface area contributed by atoms with Crippen LogP contribution in [0.4, 0.5) is 0 Å². The fraction of sp³-hybridized carbons (Fsp3) is 0.500. The fourth-order valence-corrected chi connectivity index (χ4v) is 3.87.